The number of methoxy groups -OCH3 is 1. The number of hydrogen-bond acceptors (Lipinski definition) is 3. The van der Waals surface area contributed by atoms with Crippen LogP contribution in [0.15, 0.2) is 24.3 Å². The zero-order chi connectivity index (χ0) is 18.9. The van der Waals surface area contributed by atoms with Crippen molar-refractivity contribution < 1.29 is 9.47 Å². The van der Waals surface area contributed by atoms with Crippen molar-refractivity contribution in [1.29, 1.82) is 0 Å². The van der Waals surface area contributed by atoms with Crippen LogP contribution < -0.4 is 10.1 Å². The van der Waals surface area contributed by atoms with Crippen LogP contribution in [0, 0.1) is 0 Å². The average Bonchev–Trinajstić information content (AvgIpc) is 3.17. The fourth-order valence-electron chi connectivity index (χ4n) is 4.07. The lowest BCUT2D eigenvalue weighted by molar-refractivity contribution is 0.0895. The Labute approximate surface area is 169 Å². The third-order valence-electron chi connectivity index (χ3n) is 5.70. The van der Waals surface area contributed by atoms with E-state index in [1.807, 2.05) is 12.1 Å². The molecule has 1 aromatic carbocycles. The van der Waals surface area contributed by atoms with Gasteiger partial charge in [0.05, 0.1) is 13.2 Å². The standard InChI is InChI=1S/C22H34N2O2S/c1-25-20-13-11-18(12-14-20)16-24(17-21-10-7-15-26-21)22(27)23-19-8-5-3-2-4-6-9-19/h11-14,19,21H,2-10,15-17H2,1H3,(H,23,27). The molecular formula is C22H34N2O2S. The highest BCUT2D eigenvalue weighted by Crippen LogP contribution is 2.20. The molecule has 0 amide bonds. The molecule has 1 aliphatic carbocycles. The van der Waals surface area contributed by atoms with E-state index in [2.05, 4.69) is 22.3 Å². The first-order valence-corrected chi connectivity index (χ1v) is 11.0. The third-order valence-corrected chi connectivity index (χ3v) is 6.08. The van der Waals surface area contributed by atoms with Gasteiger partial charge in [-0.25, -0.2) is 0 Å². The second-order valence-electron chi connectivity index (χ2n) is 7.86. The topological polar surface area (TPSA) is 33.7 Å². The first-order chi connectivity index (χ1) is 13.2. The van der Waals surface area contributed by atoms with Gasteiger partial charge in [0, 0.05) is 25.7 Å². The van der Waals surface area contributed by atoms with Gasteiger partial charge in [-0.1, -0.05) is 44.2 Å². The zero-order valence-corrected chi connectivity index (χ0v) is 17.4. The molecule has 1 atom stereocenters. The van der Waals surface area contributed by atoms with Gasteiger partial charge in [0.25, 0.3) is 0 Å². The molecule has 1 saturated carbocycles. The summed E-state index contributed by atoms with van der Waals surface area (Å²) >= 11 is 5.85. The van der Waals surface area contributed by atoms with Gasteiger partial charge >= 0.3 is 0 Å². The van der Waals surface area contributed by atoms with Gasteiger partial charge in [-0.05, 0) is 55.6 Å². The van der Waals surface area contributed by atoms with Crippen molar-refractivity contribution in [3.05, 3.63) is 29.8 Å². The Bertz CT molecular complexity index is 564. The Morgan fingerprint density at radius 2 is 1.78 bits per heavy atom. The first kappa shape index (κ1) is 20.4. The molecule has 2 aliphatic rings. The lowest BCUT2D eigenvalue weighted by atomic mass is 9.97. The fourth-order valence-corrected chi connectivity index (χ4v) is 4.38. The first-order valence-electron chi connectivity index (χ1n) is 10.5. The molecule has 0 aromatic heterocycles. The molecule has 1 unspecified atom stereocenters. The van der Waals surface area contributed by atoms with Crippen LogP contribution in [-0.4, -0.2) is 42.4 Å². The van der Waals surface area contributed by atoms with Crippen LogP contribution in [0.4, 0.5) is 0 Å². The Balaban J connectivity index is 1.62. The molecule has 1 N–H and O–H groups in total. The van der Waals surface area contributed by atoms with Gasteiger partial charge < -0.3 is 19.7 Å². The molecule has 0 bridgehead atoms. The second-order valence-corrected chi connectivity index (χ2v) is 8.24. The van der Waals surface area contributed by atoms with Crippen molar-refractivity contribution in [2.24, 2.45) is 0 Å². The quantitative estimate of drug-likeness (QED) is 0.714. The van der Waals surface area contributed by atoms with E-state index in [1.165, 1.54) is 50.5 Å². The number of rotatable bonds is 6. The number of thiocarbonyl (C=S) groups is 1. The van der Waals surface area contributed by atoms with E-state index in [4.69, 9.17) is 21.7 Å². The van der Waals surface area contributed by atoms with E-state index in [-0.39, 0.29) is 0 Å². The summed E-state index contributed by atoms with van der Waals surface area (Å²) < 4.78 is 11.2. The summed E-state index contributed by atoms with van der Waals surface area (Å²) in [6.45, 7) is 2.55. The third kappa shape index (κ3) is 6.65. The van der Waals surface area contributed by atoms with Crippen LogP contribution in [0.2, 0.25) is 0 Å². The van der Waals surface area contributed by atoms with Crippen molar-refractivity contribution >= 4 is 17.3 Å². The highest BCUT2D eigenvalue weighted by atomic mass is 32.1. The maximum absolute atomic E-state index is 5.89. The molecule has 2 fully saturated rings. The maximum Gasteiger partial charge on any atom is 0.169 e. The van der Waals surface area contributed by atoms with E-state index in [1.54, 1.807) is 7.11 Å². The molecule has 1 aliphatic heterocycles. The number of hydrogen-bond donors (Lipinski definition) is 1. The minimum atomic E-state index is 0.292. The summed E-state index contributed by atoms with van der Waals surface area (Å²) in [7, 11) is 1.70. The van der Waals surface area contributed by atoms with E-state index < -0.39 is 0 Å². The molecule has 0 spiro atoms. The summed E-state index contributed by atoms with van der Waals surface area (Å²) in [5, 5.41) is 4.56. The van der Waals surface area contributed by atoms with Crippen molar-refractivity contribution in [3.8, 4) is 5.75 Å². The molecule has 5 heteroatoms. The molecule has 1 aromatic rings. The monoisotopic (exact) mass is 390 g/mol. The van der Waals surface area contributed by atoms with Gasteiger partial charge in [-0.3, -0.25) is 0 Å². The van der Waals surface area contributed by atoms with Crippen LogP contribution in [0.25, 0.3) is 0 Å². The van der Waals surface area contributed by atoms with Gasteiger partial charge in [-0.15, -0.1) is 0 Å². The number of nitrogens with one attached hydrogen (secondary N) is 1. The summed E-state index contributed by atoms with van der Waals surface area (Å²) in [5.74, 6) is 0.889. The number of benzene rings is 1. The Kier molecular flexibility index (Phi) is 8.21. The fraction of sp³-hybridized carbons (Fsp3) is 0.682. The van der Waals surface area contributed by atoms with E-state index in [0.29, 0.717) is 12.1 Å². The van der Waals surface area contributed by atoms with Crippen molar-refractivity contribution in [1.82, 2.24) is 10.2 Å². The minimum Gasteiger partial charge on any atom is -0.497 e. The minimum absolute atomic E-state index is 0.292. The van der Waals surface area contributed by atoms with E-state index >= 15 is 0 Å². The van der Waals surface area contributed by atoms with Gasteiger partial charge in [0.15, 0.2) is 5.11 Å². The Hall–Kier alpha value is -1.33. The number of nitrogens with zero attached hydrogens (tertiary/aromatic N) is 1. The summed E-state index contributed by atoms with van der Waals surface area (Å²) in [4.78, 5) is 2.30. The largest absolute Gasteiger partial charge is 0.497 e. The van der Waals surface area contributed by atoms with E-state index in [9.17, 15) is 0 Å². The highest BCUT2D eigenvalue weighted by molar-refractivity contribution is 7.80. The van der Waals surface area contributed by atoms with Crippen molar-refractivity contribution in [2.45, 2.75) is 76.5 Å². The van der Waals surface area contributed by atoms with Gasteiger partial charge in [-0.2, -0.15) is 0 Å². The summed E-state index contributed by atoms with van der Waals surface area (Å²) in [6.07, 6.45) is 11.8. The zero-order valence-electron chi connectivity index (χ0n) is 16.6. The molecule has 1 saturated heterocycles. The Morgan fingerprint density at radius 1 is 1.07 bits per heavy atom. The smallest absolute Gasteiger partial charge is 0.169 e. The molecular weight excluding hydrogens is 356 g/mol. The normalized spacial score (nSPS) is 21.3. The van der Waals surface area contributed by atoms with Crippen molar-refractivity contribution in [2.75, 3.05) is 20.3 Å². The summed E-state index contributed by atoms with van der Waals surface area (Å²) in [5.41, 5.74) is 1.25. The van der Waals surface area contributed by atoms with Crippen LogP contribution in [-0.2, 0) is 11.3 Å². The molecule has 150 valence electrons. The molecule has 27 heavy (non-hydrogen) atoms. The maximum atomic E-state index is 5.89. The van der Waals surface area contributed by atoms with Crippen molar-refractivity contribution in [3.63, 3.8) is 0 Å². The lowest BCUT2D eigenvalue weighted by Crippen LogP contribution is -2.47. The second kappa shape index (κ2) is 10.9. The summed E-state index contributed by atoms with van der Waals surface area (Å²) in [6, 6.07) is 8.80. The SMILES string of the molecule is COc1ccc(CN(CC2CCCO2)C(=S)NC2CCCCCCC2)cc1. The van der Waals surface area contributed by atoms with Crippen LogP contribution >= 0.6 is 12.2 Å². The molecule has 0 radical (unpaired) electrons. The number of ether oxygens (including phenoxy) is 2. The average molecular weight is 391 g/mol. The predicted molar refractivity (Wildman–Crippen MR) is 114 cm³/mol. The highest BCUT2D eigenvalue weighted by Gasteiger charge is 2.22. The van der Waals surface area contributed by atoms with Crippen LogP contribution in [0.3, 0.4) is 0 Å². The molecule has 4 nitrogen and oxygen atoms in total. The van der Waals surface area contributed by atoms with Gasteiger partial charge in [0.2, 0.25) is 0 Å². The van der Waals surface area contributed by atoms with Gasteiger partial charge in [0.1, 0.15) is 5.75 Å². The molecule has 3 rings (SSSR count). The predicted octanol–water partition coefficient (Wildman–Crippen LogP) is 4.66. The van der Waals surface area contributed by atoms with E-state index in [0.717, 1.165) is 43.4 Å². The Morgan fingerprint density at radius 3 is 2.41 bits per heavy atom. The lowest BCUT2D eigenvalue weighted by Gasteiger charge is -2.31. The van der Waals surface area contributed by atoms with Crippen LogP contribution in [0.1, 0.15) is 63.4 Å². The molecule has 1 heterocycles. The van der Waals surface area contributed by atoms with Crippen LogP contribution in [0.5, 0.6) is 5.75 Å².